The fourth-order valence-electron chi connectivity index (χ4n) is 3.86. The zero-order valence-electron chi connectivity index (χ0n) is 20.0. The van der Waals surface area contributed by atoms with Crippen LogP contribution >= 0.6 is 0 Å². The molecule has 0 atom stereocenters. The molecule has 0 saturated carbocycles. The quantitative estimate of drug-likeness (QED) is 0.671. The van der Waals surface area contributed by atoms with E-state index in [4.69, 9.17) is 0 Å². The molecule has 0 radical (unpaired) electrons. The Bertz CT molecular complexity index is 1110. The maximum absolute atomic E-state index is 13.1. The van der Waals surface area contributed by atoms with E-state index in [9.17, 15) is 18.0 Å². The SMILES string of the molecule is CC(=O)N1CCN(S(=O)(=O)c2cccc(C(=O)N(C)Cc3ccc(C(C)(C)C)cc3)c2)CC1. The van der Waals surface area contributed by atoms with Crippen molar-refractivity contribution in [3.05, 3.63) is 65.2 Å². The van der Waals surface area contributed by atoms with E-state index in [0.29, 0.717) is 25.2 Å². The van der Waals surface area contributed by atoms with E-state index >= 15 is 0 Å². The highest BCUT2D eigenvalue weighted by Crippen LogP contribution is 2.23. The van der Waals surface area contributed by atoms with Gasteiger partial charge in [0.25, 0.3) is 5.91 Å². The Labute approximate surface area is 197 Å². The van der Waals surface area contributed by atoms with Crippen LogP contribution in [0.5, 0.6) is 0 Å². The van der Waals surface area contributed by atoms with Gasteiger partial charge in [-0.05, 0) is 34.7 Å². The van der Waals surface area contributed by atoms with Crippen LogP contribution in [0.4, 0.5) is 0 Å². The summed E-state index contributed by atoms with van der Waals surface area (Å²) in [6.45, 7) is 9.58. The topological polar surface area (TPSA) is 78.0 Å². The Morgan fingerprint density at radius 3 is 2.12 bits per heavy atom. The van der Waals surface area contributed by atoms with Crippen molar-refractivity contribution >= 4 is 21.8 Å². The van der Waals surface area contributed by atoms with E-state index in [0.717, 1.165) is 5.56 Å². The second kappa shape index (κ2) is 9.65. The number of rotatable bonds is 5. The lowest BCUT2D eigenvalue weighted by molar-refractivity contribution is -0.129. The van der Waals surface area contributed by atoms with Gasteiger partial charge in [0, 0.05) is 52.3 Å². The van der Waals surface area contributed by atoms with Gasteiger partial charge < -0.3 is 9.80 Å². The Balaban J connectivity index is 1.71. The molecule has 0 N–H and O–H groups in total. The Morgan fingerprint density at radius 2 is 1.58 bits per heavy atom. The lowest BCUT2D eigenvalue weighted by atomic mass is 9.87. The van der Waals surface area contributed by atoms with Crippen LogP contribution in [0.2, 0.25) is 0 Å². The predicted octanol–water partition coefficient (Wildman–Crippen LogP) is 3.11. The molecule has 1 aliphatic heterocycles. The summed E-state index contributed by atoms with van der Waals surface area (Å²) in [5.74, 6) is -0.302. The van der Waals surface area contributed by atoms with Gasteiger partial charge in [0.15, 0.2) is 0 Å². The van der Waals surface area contributed by atoms with Crippen LogP contribution in [0.3, 0.4) is 0 Å². The summed E-state index contributed by atoms with van der Waals surface area (Å²) in [6.07, 6.45) is 0. The van der Waals surface area contributed by atoms with Crippen molar-refractivity contribution in [2.45, 2.75) is 44.6 Å². The highest BCUT2D eigenvalue weighted by molar-refractivity contribution is 7.89. The van der Waals surface area contributed by atoms with Gasteiger partial charge in [0.05, 0.1) is 4.90 Å². The average molecular weight is 472 g/mol. The van der Waals surface area contributed by atoms with Crippen LogP contribution in [-0.4, -0.2) is 67.6 Å². The normalized spacial score (nSPS) is 15.4. The molecule has 0 aromatic heterocycles. The predicted molar refractivity (Wildman–Crippen MR) is 128 cm³/mol. The van der Waals surface area contributed by atoms with Crippen LogP contribution in [0.15, 0.2) is 53.4 Å². The molecule has 0 bridgehead atoms. The molecule has 7 nitrogen and oxygen atoms in total. The molecule has 2 amide bonds. The summed E-state index contributed by atoms with van der Waals surface area (Å²) >= 11 is 0. The summed E-state index contributed by atoms with van der Waals surface area (Å²) in [7, 11) is -2.04. The van der Waals surface area contributed by atoms with Crippen LogP contribution in [0.25, 0.3) is 0 Å². The van der Waals surface area contributed by atoms with Crippen molar-refractivity contribution in [3.8, 4) is 0 Å². The lowest BCUT2D eigenvalue weighted by Gasteiger charge is -2.33. The Hall–Kier alpha value is -2.71. The first kappa shape index (κ1) is 24.9. The number of sulfonamides is 1. The van der Waals surface area contributed by atoms with E-state index in [1.807, 2.05) is 12.1 Å². The van der Waals surface area contributed by atoms with Crippen molar-refractivity contribution < 1.29 is 18.0 Å². The number of hydrogen-bond acceptors (Lipinski definition) is 4. The number of amides is 2. The number of carbonyl (C=O) groups is 2. The van der Waals surface area contributed by atoms with Crippen molar-refractivity contribution in [1.82, 2.24) is 14.1 Å². The number of benzene rings is 2. The smallest absolute Gasteiger partial charge is 0.253 e. The van der Waals surface area contributed by atoms with E-state index in [-0.39, 0.29) is 35.2 Å². The maximum atomic E-state index is 13.1. The van der Waals surface area contributed by atoms with E-state index in [2.05, 4.69) is 32.9 Å². The van der Waals surface area contributed by atoms with Crippen LogP contribution in [0, 0.1) is 0 Å². The van der Waals surface area contributed by atoms with Gasteiger partial charge in [-0.15, -0.1) is 0 Å². The van der Waals surface area contributed by atoms with Crippen molar-refractivity contribution in [2.75, 3.05) is 33.2 Å². The second-order valence-corrected chi connectivity index (χ2v) is 11.5. The third kappa shape index (κ3) is 5.81. The van der Waals surface area contributed by atoms with Gasteiger partial charge in [0.1, 0.15) is 0 Å². The van der Waals surface area contributed by atoms with Crippen molar-refractivity contribution in [1.29, 1.82) is 0 Å². The molecule has 8 heteroatoms. The molecule has 0 aliphatic carbocycles. The average Bonchev–Trinajstić information content (AvgIpc) is 2.78. The number of piperazine rings is 1. The van der Waals surface area contributed by atoms with Gasteiger partial charge in [-0.1, -0.05) is 51.1 Å². The minimum Gasteiger partial charge on any atom is -0.340 e. The standard InChI is InChI=1S/C25H33N3O4S/c1-19(29)27-13-15-28(16-14-27)33(31,32)23-8-6-7-21(17-23)24(30)26(5)18-20-9-11-22(12-10-20)25(2,3)4/h6-12,17H,13-16,18H2,1-5H3. The van der Waals surface area contributed by atoms with E-state index in [1.54, 1.807) is 29.0 Å². The molecule has 33 heavy (non-hydrogen) atoms. The molecule has 3 rings (SSSR count). The first-order valence-corrected chi connectivity index (χ1v) is 12.5. The summed E-state index contributed by atoms with van der Waals surface area (Å²) in [6, 6.07) is 14.4. The zero-order chi connectivity index (χ0) is 24.4. The molecule has 178 valence electrons. The Morgan fingerprint density at radius 1 is 0.970 bits per heavy atom. The molecular formula is C25H33N3O4S. The first-order valence-electron chi connectivity index (χ1n) is 11.1. The largest absolute Gasteiger partial charge is 0.340 e. The Kier molecular flexibility index (Phi) is 7.29. The van der Waals surface area contributed by atoms with Crippen molar-refractivity contribution in [3.63, 3.8) is 0 Å². The van der Waals surface area contributed by atoms with E-state index in [1.165, 1.54) is 28.9 Å². The van der Waals surface area contributed by atoms with Gasteiger partial charge in [0.2, 0.25) is 15.9 Å². The summed E-state index contributed by atoms with van der Waals surface area (Å²) < 4.78 is 27.6. The molecular weight excluding hydrogens is 438 g/mol. The molecule has 1 saturated heterocycles. The fraction of sp³-hybridized carbons (Fsp3) is 0.440. The first-order chi connectivity index (χ1) is 15.4. The minimum atomic E-state index is -3.75. The third-order valence-corrected chi connectivity index (χ3v) is 7.88. The molecule has 1 heterocycles. The summed E-state index contributed by atoms with van der Waals surface area (Å²) in [5, 5.41) is 0. The fourth-order valence-corrected chi connectivity index (χ4v) is 5.33. The van der Waals surface area contributed by atoms with Gasteiger partial charge in [-0.3, -0.25) is 9.59 Å². The van der Waals surface area contributed by atoms with Gasteiger partial charge >= 0.3 is 0 Å². The zero-order valence-corrected chi connectivity index (χ0v) is 20.9. The summed E-state index contributed by atoms with van der Waals surface area (Å²) in [5.41, 5.74) is 2.62. The molecule has 0 spiro atoms. The summed E-state index contributed by atoms with van der Waals surface area (Å²) in [4.78, 5) is 27.8. The van der Waals surface area contributed by atoms with Gasteiger partial charge in [-0.25, -0.2) is 8.42 Å². The molecule has 1 aliphatic rings. The molecule has 0 unspecified atom stereocenters. The highest BCUT2D eigenvalue weighted by Gasteiger charge is 2.30. The third-order valence-electron chi connectivity index (χ3n) is 5.99. The number of hydrogen-bond donors (Lipinski definition) is 0. The monoisotopic (exact) mass is 471 g/mol. The van der Waals surface area contributed by atoms with Crippen LogP contribution < -0.4 is 0 Å². The second-order valence-electron chi connectivity index (χ2n) is 9.55. The van der Waals surface area contributed by atoms with Crippen LogP contribution in [-0.2, 0) is 26.8 Å². The molecule has 1 fully saturated rings. The van der Waals surface area contributed by atoms with Gasteiger partial charge in [-0.2, -0.15) is 4.31 Å². The van der Waals surface area contributed by atoms with Crippen molar-refractivity contribution in [2.24, 2.45) is 0 Å². The maximum Gasteiger partial charge on any atom is 0.253 e. The molecule has 2 aromatic carbocycles. The molecule has 2 aromatic rings. The number of carbonyl (C=O) groups excluding carboxylic acids is 2. The highest BCUT2D eigenvalue weighted by atomic mass is 32.2. The minimum absolute atomic E-state index is 0.0595. The lowest BCUT2D eigenvalue weighted by Crippen LogP contribution is -2.49. The van der Waals surface area contributed by atoms with E-state index < -0.39 is 10.0 Å². The van der Waals surface area contributed by atoms with Crippen LogP contribution in [0.1, 0.15) is 49.2 Å². The number of nitrogens with zero attached hydrogens (tertiary/aromatic N) is 3.